The van der Waals surface area contributed by atoms with Crippen molar-refractivity contribution in [2.24, 2.45) is 0 Å². The molecule has 0 radical (unpaired) electrons. The third-order valence-corrected chi connectivity index (χ3v) is 5.17. The summed E-state index contributed by atoms with van der Waals surface area (Å²) in [6.07, 6.45) is 7.01. The number of benzene rings is 1. The number of hydrogen-bond donors (Lipinski definition) is 0. The lowest BCUT2D eigenvalue weighted by Gasteiger charge is -2.14. The van der Waals surface area contributed by atoms with Crippen molar-refractivity contribution in [3.05, 3.63) is 57.0 Å². The number of unbranched alkanes of at least 4 members (excludes halogenated alkanes) is 2. The number of thiocarbonyl (C=S) groups is 1. The molecule has 9 heteroatoms. The van der Waals surface area contributed by atoms with Crippen LogP contribution in [0.5, 0.6) is 0 Å². The Hall–Kier alpha value is -2.52. The SMILES string of the molecule is O=C([O-])CCCCCN1C(=O)/C(=C/C=C/c2ccc([N+](=O)[O-])cc2)SC1=S. The molecule has 1 saturated heterocycles. The summed E-state index contributed by atoms with van der Waals surface area (Å²) in [6, 6.07) is 6.08. The van der Waals surface area contributed by atoms with Crippen LogP contribution in [0.25, 0.3) is 6.08 Å². The fourth-order valence-corrected chi connectivity index (χ4v) is 3.64. The first-order valence-corrected chi connectivity index (χ1v) is 9.47. The molecule has 1 aliphatic rings. The fraction of sp³-hybridized carbons (Fsp3) is 0.278. The maximum Gasteiger partial charge on any atom is 0.269 e. The zero-order chi connectivity index (χ0) is 19.8. The highest BCUT2D eigenvalue weighted by atomic mass is 32.2. The number of carbonyl (C=O) groups excluding carboxylic acids is 2. The van der Waals surface area contributed by atoms with E-state index in [-0.39, 0.29) is 18.0 Å². The summed E-state index contributed by atoms with van der Waals surface area (Å²) >= 11 is 6.45. The maximum absolute atomic E-state index is 12.4. The van der Waals surface area contributed by atoms with Gasteiger partial charge >= 0.3 is 0 Å². The molecule has 7 nitrogen and oxygen atoms in total. The van der Waals surface area contributed by atoms with E-state index in [0.29, 0.717) is 35.0 Å². The van der Waals surface area contributed by atoms with Crippen molar-refractivity contribution in [3.8, 4) is 0 Å². The van der Waals surface area contributed by atoms with Gasteiger partial charge in [-0.15, -0.1) is 0 Å². The molecule has 2 rings (SSSR count). The molecule has 1 aromatic rings. The van der Waals surface area contributed by atoms with Crippen molar-refractivity contribution >= 4 is 51.9 Å². The Labute approximate surface area is 165 Å². The second kappa shape index (κ2) is 9.98. The topological polar surface area (TPSA) is 104 Å². The number of amides is 1. The zero-order valence-corrected chi connectivity index (χ0v) is 16.0. The molecule has 142 valence electrons. The van der Waals surface area contributed by atoms with E-state index >= 15 is 0 Å². The summed E-state index contributed by atoms with van der Waals surface area (Å²) in [6.45, 7) is 0.459. The molecule has 0 bridgehead atoms. The Morgan fingerprint density at radius 3 is 2.56 bits per heavy atom. The van der Waals surface area contributed by atoms with Gasteiger partial charge < -0.3 is 9.90 Å². The molecule has 0 aromatic heterocycles. The minimum Gasteiger partial charge on any atom is -0.550 e. The molecule has 27 heavy (non-hydrogen) atoms. The summed E-state index contributed by atoms with van der Waals surface area (Å²) in [4.78, 5) is 35.0. The summed E-state index contributed by atoms with van der Waals surface area (Å²) < 4.78 is 0.481. The van der Waals surface area contributed by atoms with E-state index < -0.39 is 10.9 Å². The summed E-state index contributed by atoms with van der Waals surface area (Å²) in [7, 11) is 0. The number of nitro groups is 1. The molecule has 0 spiro atoms. The molecule has 0 saturated carbocycles. The van der Waals surface area contributed by atoms with Gasteiger partial charge in [-0.2, -0.15) is 0 Å². The number of non-ortho nitro benzene ring substituents is 1. The Bertz CT molecular complexity index is 802. The first kappa shape index (κ1) is 20.8. The third kappa shape index (κ3) is 6.30. The fourth-order valence-electron chi connectivity index (χ4n) is 2.38. The van der Waals surface area contributed by atoms with Gasteiger partial charge in [-0.25, -0.2) is 0 Å². The lowest BCUT2D eigenvalue weighted by atomic mass is 10.2. The predicted molar refractivity (Wildman–Crippen MR) is 106 cm³/mol. The van der Waals surface area contributed by atoms with Gasteiger partial charge in [0.15, 0.2) is 0 Å². The number of allylic oxidation sites excluding steroid dienone is 2. The average Bonchev–Trinajstić information content (AvgIpc) is 2.89. The van der Waals surface area contributed by atoms with Gasteiger partial charge in [0.1, 0.15) is 4.32 Å². The molecule has 0 unspecified atom stereocenters. The van der Waals surface area contributed by atoms with E-state index in [4.69, 9.17) is 12.2 Å². The second-order valence-corrected chi connectivity index (χ2v) is 7.42. The van der Waals surface area contributed by atoms with Crippen LogP contribution in [0.15, 0.2) is 41.3 Å². The van der Waals surface area contributed by atoms with Crippen molar-refractivity contribution in [1.29, 1.82) is 0 Å². The van der Waals surface area contributed by atoms with Crippen LogP contribution in [0, 0.1) is 10.1 Å². The van der Waals surface area contributed by atoms with Crippen molar-refractivity contribution in [2.75, 3.05) is 6.54 Å². The second-order valence-electron chi connectivity index (χ2n) is 5.75. The van der Waals surface area contributed by atoms with Crippen molar-refractivity contribution < 1.29 is 19.6 Å². The van der Waals surface area contributed by atoms with E-state index in [9.17, 15) is 24.8 Å². The van der Waals surface area contributed by atoms with E-state index in [1.54, 1.807) is 30.4 Å². The standard InChI is InChI=1S/C18H18N2O5S2/c21-16(22)7-2-1-3-12-19-17(23)15(27-18(19)26)6-4-5-13-8-10-14(11-9-13)20(24)25/h4-6,8-11H,1-3,7,12H2,(H,21,22)/p-1/b5-4+,15-6-. The van der Waals surface area contributed by atoms with Crippen molar-refractivity contribution in [1.82, 2.24) is 4.90 Å². The highest BCUT2D eigenvalue weighted by Crippen LogP contribution is 2.31. The number of carboxylic acid groups (broad SMARTS) is 1. The number of aliphatic carboxylic acids is 1. The number of carbonyl (C=O) groups is 2. The van der Waals surface area contributed by atoms with Gasteiger partial charge in [0.05, 0.1) is 9.83 Å². The van der Waals surface area contributed by atoms with Crippen LogP contribution in [0.1, 0.15) is 31.2 Å². The molecule has 1 fully saturated rings. The number of thioether (sulfide) groups is 1. The van der Waals surface area contributed by atoms with Gasteiger partial charge in [0, 0.05) is 24.6 Å². The van der Waals surface area contributed by atoms with E-state index in [0.717, 1.165) is 5.56 Å². The van der Waals surface area contributed by atoms with Gasteiger partial charge in [0.2, 0.25) is 0 Å². The number of nitro benzene ring substituents is 1. The predicted octanol–water partition coefficient (Wildman–Crippen LogP) is 2.66. The minimum atomic E-state index is -1.07. The van der Waals surface area contributed by atoms with Crippen LogP contribution in [-0.2, 0) is 9.59 Å². The first-order valence-electron chi connectivity index (χ1n) is 8.25. The monoisotopic (exact) mass is 405 g/mol. The number of rotatable bonds is 9. The van der Waals surface area contributed by atoms with E-state index in [1.807, 2.05) is 0 Å². The summed E-state index contributed by atoms with van der Waals surface area (Å²) in [5.74, 6) is -1.23. The maximum atomic E-state index is 12.4. The molecule has 1 aliphatic heterocycles. The average molecular weight is 405 g/mol. The quantitative estimate of drug-likeness (QED) is 0.204. The van der Waals surface area contributed by atoms with Crippen molar-refractivity contribution in [2.45, 2.75) is 25.7 Å². The van der Waals surface area contributed by atoms with Gasteiger partial charge in [-0.3, -0.25) is 19.8 Å². The number of carboxylic acids is 1. The van der Waals surface area contributed by atoms with Crippen LogP contribution < -0.4 is 5.11 Å². The van der Waals surface area contributed by atoms with Crippen molar-refractivity contribution in [3.63, 3.8) is 0 Å². The largest absolute Gasteiger partial charge is 0.550 e. The summed E-state index contributed by atoms with van der Waals surface area (Å²) in [5.41, 5.74) is 0.799. The number of hydrogen-bond acceptors (Lipinski definition) is 7. The molecule has 0 aliphatic carbocycles. The minimum absolute atomic E-state index is 0.0196. The lowest BCUT2D eigenvalue weighted by Crippen LogP contribution is -2.29. The first-order chi connectivity index (χ1) is 12.9. The van der Waals surface area contributed by atoms with Crippen LogP contribution in [-0.4, -0.2) is 32.6 Å². The van der Waals surface area contributed by atoms with E-state index in [2.05, 4.69) is 0 Å². The molecule has 1 aromatic carbocycles. The molecule has 1 amide bonds. The van der Waals surface area contributed by atoms with Gasteiger partial charge in [0.25, 0.3) is 11.6 Å². The number of nitrogens with zero attached hydrogens (tertiary/aromatic N) is 2. The molecule has 1 heterocycles. The Kier molecular flexibility index (Phi) is 7.68. The third-order valence-electron chi connectivity index (χ3n) is 3.78. The van der Waals surface area contributed by atoms with Gasteiger partial charge in [-0.1, -0.05) is 42.6 Å². The normalized spacial score (nSPS) is 15.9. The van der Waals surface area contributed by atoms with Crippen LogP contribution in [0.3, 0.4) is 0 Å². The van der Waals surface area contributed by atoms with Gasteiger partial charge in [-0.05, 0) is 43.0 Å². The smallest absolute Gasteiger partial charge is 0.269 e. The molecule has 0 atom stereocenters. The Balaban J connectivity index is 1.89. The van der Waals surface area contributed by atoms with Crippen LogP contribution in [0.4, 0.5) is 5.69 Å². The van der Waals surface area contributed by atoms with E-state index in [1.165, 1.54) is 28.8 Å². The highest BCUT2D eigenvalue weighted by Gasteiger charge is 2.30. The molecular weight excluding hydrogens is 388 g/mol. The molecule has 0 N–H and O–H groups in total. The zero-order valence-electron chi connectivity index (χ0n) is 14.3. The molecular formula is C18H17N2O5S2-. The van der Waals surface area contributed by atoms with Crippen LogP contribution >= 0.6 is 24.0 Å². The Morgan fingerprint density at radius 1 is 1.22 bits per heavy atom. The highest BCUT2D eigenvalue weighted by molar-refractivity contribution is 8.26. The Morgan fingerprint density at radius 2 is 1.93 bits per heavy atom. The lowest BCUT2D eigenvalue weighted by molar-refractivity contribution is -0.384. The van der Waals surface area contributed by atoms with Crippen LogP contribution in [0.2, 0.25) is 0 Å². The summed E-state index contributed by atoms with van der Waals surface area (Å²) in [5, 5.41) is 21.0.